The van der Waals surface area contributed by atoms with Crippen molar-refractivity contribution in [3.8, 4) is 0 Å². The summed E-state index contributed by atoms with van der Waals surface area (Å²) in [5, 5.41) is 6.05. The summed E-state index contributed by atoms with van der Waals surface area (Å²) < 4.78 is 0. The van der Waals surface area contributed by atoms with Crippen LogP contribution in [0.2, 0.25) is 0 Å². The topological polar surface area (TPSA) is 58.7 Å². The number of carbonyl (C=O) groups excluding carboxylic acids is 1. The van der Waals surface area contributed by atoms with Gasteiger partial charge in [-0.2, -0.15) is 5.10 Å². The van der Waals surface area contributed by atoms with E-state index in [1.807, 2.05) is 36.4 Å². The molecule has 2 rings (SSSR count). The molecule has 0 fully saturated rings. The molecule has 1 aromatic rings. The first kappa shape index (κ1) is 14.7. The van der Waals surface area contributed by atoms with Crippen molar-refractivity contribution in [2.24, 2.45) is 16.8 Å². The largest absolute Gasteiger partial charge is 0.385 e. The second kappa shape index (κ2) is 7.14. The van der Waals surface area contributed by atoms with Crippen molar-refractivity contribution in [1.29, 1.82) is 0 Å². The maximum Gasteiger partial charge on any atom is 0.203 e. The molecule has 4 nitrogen and oxygen atoms in total. The van der Waals surface area contributed by atoms with Gasteiger partial charge < -0.3 is 5.73 Å². The second-order valence-electron chi connectivity index (χ2n) is 4.55. The molecule has 106 valence electrons. The molecule has 0 amide bonds. The molecule has 2 N–H and O–H groups in total. The summed E-state index contributed by atoms with van der Waals surface area (Å²) in [6.45, 7) is 2.11. The number of hydrogen-bond acceptors (Lipinski definition) is 5. The Morgan fingerprint density at radius 1 is 1.40 bits per heavy atom. The maximum atomic E-state index is 12.1. The Balaban J connectivity index is 2.01. The molecule has 1 unspecified atom stereocenters. The molecule has 1 atom stereocenters. The van der Waals surface area contributed by atoms with Crippen LogP contribution < -0.4 is 10.7 Å². The number of thioether (sulfide) groups is 1. The van der Waals surface area contributed by atoms with Crippen LogP contribution in [0, 0.1) is 5.92 Å². The zero-order valence-corrected chi connectivity index (χ0v) is 12.3. The van der Waals surface area contributed by atoms with Crippen molar-refractivity contribution >= 4 is 28.4 Å². The van der Waals surface area contributed by atoms with Crippen LogP contribution >= 0.6 is 11.8 Å². The quantitative estimate of drug-likeness (QED) is 0.847. The lowest BCUT2D eigenvalue weighted by molar-refractivity contribution is -0.111. The van der Waals surface area contributed by atoms with Crippen LogP contribution in [-0.2, 0) is 4.79 Å². The minimum absolute atomic E-state index is 0.0728. The molecule has 0 saturated heterocycles. The lowest BCUT2D eigenvalue weighted by atomic mass is 10.1. The molecule has 1 aliphatic rings. The van der Waals surface area contributed by atoms with Gasteiger partial charge in [0.05, 0.1) is 5.69 Å². The molecular formula is C15H19N3OS. The molecule has 1 aromatic carbocycles. The van der Waals surface area contributed by atoms with E-state index in [0.29, 0.717) is 5.84 Å². The second-order valence-corrected chi connectivity index (χ2v) is 5.64. The zero-order chi connectivity index (χ0) is 14.4. The average molecular weight is 289 g/mol. The molecule has 0 spiro atoms. The van der Waals surface area contributed by atoms with Crippen molar-refractivity contribution in [1.82, 2.24) is 0 Å². The number of unbranched alkanes of at least 4 members (excludes halogenated alkanes) is 1. The van der Waals surface area contributed by atoms with Crippen LogP contribution in [0.3, 0.4) is 0 Å². The molecule has 0 bridgehead atoms. The van der Waals surface area contributed by atoms with E-state index in [1.165, 1.54) is 11.8 Å². The number of benzene rings is 1. The minimum Gasteiger partial charge on any atom is -0.385 e. The standard InChI is InChI=1S/C15H19N3OS/c1-2-3-11-20-15(19)13-9-10-18(17-14(13)16)12-7-5-4-6-8-12/h4-10,13H,2-3,11H2,1H3,(H2,16,17). The van der Waals surface area contributed by atoms with Gasteiger partial charge in [-0.3, -0.25) is 4.79 Å². The summed E-state index contributed by atoms with van der Waals surface area (Å²) in [5.41, 5.74) is 6.86. The highest BCUT2D eigenvalue weighted by molar-refractivity contribution is 8.13. The predicted octanol–water partition coefficient (Wildman–Crippen LogP) is 2.97. The first-order valence-corrected chi connectivity index (χ1v) is 7.74. The van der Waals surface area contributed by atoms with Gasteiger partial charge in [0, 0.05) is 12.0 Å². The van der Waals surface area contributed by atoms with E-state index in [0.717, 1.165) is 24.3 Å². The number of hydrogen-bond donors (Lipinski definition) is 1. The number of anilines is 1. The molecule has 1 aliphatic heterocycles. The normalized spacial score (nSPS) is 17.9. The maximum absolute atomic E-state index is 12.1. The summed E-state index contributed by atoms with van der Waals surface area (Å²) in [6, 6.07) is 9.71. The van der Waals surface area contributed by atoms with E-state index >= 15 is 0 Å². The third kappa shape index (κ3) is 3.63. The van der Waals surface area contributed by atoms with E-state index in [-0.39, 0.29) is 5.12 Å². The van der Waals surface area contributed by atoms with Crippen LogP contribution in [0.1, 0.15) is 19.8 Å². The van der Waals surface area contributed by atoms with E-state index in [2.05, 4.69) is 12.0 Å². The number of nitrogens with zero attached hydrogens (tertiary/aromatic N) is 2. The first-order valence-electron chi connectivity index (χ1n) is 6.75. The summed E-state index contributed by atoms with van der Waals surface area (Å²) >= 11 is 1.34. The Morgan fingerprint density at radius 2 is 2.15 bits per heavy atom. The highest BCUT2D eigenvalue weighted by atomic mass is 32.2. The molecule has 0 aliphatic carbocycles. The number of amidine groups is 1. The van der Waals surface area contributed by atoms with Gasteiger partial charge in [-0.15, -0.1) is 0 Å². The Kier molecular flexibility index (Phi) is 5.24. The van der Waals surface area contributed by atoms with Crippen LogP contribution in [0.25, 0.3) is 0 Å². The number of rotatable bonds is 5. The van der Waals surface area contributed by atoms with Crippen LogP contribution in [0.4, 0.5) is 5.69 Å². The lowest BCUT2D eigenvalue weighted by Gasteiger charge is -2.22. The Morgan fingerprint density at radius 3 is 2.80 bits per heavy atom. The summed E-state index contributed by atoms with van der Waals surface area (Å²) in [7, 11) is 0. The molecule has 20 heavy (non-hydrogen) atoms. The third-order valence-corrected chi connectivity index (χ3v) is 4.01. The molecule has 0 radical (unpaired) electrons. The van der Waals surface area contributed by atoms with Gasteiger partial charge in [-0.1, -0.05) is 43.3 Å². The van der Waals surface area contributed by atoms with Crippen molar-refractivity contribution in [2.75, 3.05) is 10.8 Å². The molecular weight excluding hydrogens is 270 g/mol. The summed E-state index contributed by atoms with van der Waals surface area (Å²) in [6.07, 6.45) is 5.75. The van der Waals surface area contributed by atoms with E-state index in [1.54, 1.807) is 11.2 Å². The van der Waals surface area contributed by atoms with Crippen molar-refractivity contribution < 1.29 is 4.79 Å². The molecule has 5 heteroatoms. The molecule has 0 saturated carbocycles. The Hall–Kier alpha value is -1.75. The molecule has 1 heterocycles. The van der Waals surface area contributed by atoms with Crippen molar-refractivity contribution in [3.63, 3.8) is 0 Å². The van der Waals surface area contributed by atoms with E-state index in [4.69, 9.17) is 5.73 Å². The highest BCUT2D eigenvalue weighted by Gasteiger charge is 2.24. The van der Waals surface area contributed by atoms with E-state index in [9.17, 15) is 4.79 Å². The lowest BCUT2D eigenvalue weighted by Crippen LogP contribution is -2.33. The van der Waals surface area contributed by atoms with Crippen LogP contribution in [0.15, 0.2) is 47.7 Å². The minimum atomic E-state index is -0.406. The number of hydrazone groups is 1. The monoisotopic (exact) mass is 289 g/mol. The first-order chi connectivity index (χ1) is 9.72. The Bertz CT molecular complexity index is 513. The smallest absolute Gasteiger partial charge is 0.203 e. The van der Waals surface area contributed by atoms with Gasteiger partial charge in [0.1, 0.15) is 11.8 Å². The van der Waals surface area contributed by atoms with Gasteiger partial charge in [0.25, 0.3) is 0 Å². The predicted molar refractivity (Wildman–Crippen MR) is 85.5 cm³/mol. The van der Waals surface area contributed by atoms with Gasteiger partial charge in [-0.05, 0) is 24.6 Å². The fourth-order valence-electron chi connectivity index (χ4n) is 1.82. The third-order valence-electron chi connectivity index (χ3n) is 2.98. The van der Waals surface area contributed by atoms with E-state index < -0.39 is 5.92 Å². The van der Waals surface area contributed by atoms with Gasteiger partial charge in [0.15, 0.2) is 0 Å². The number of para-hydroxylation sites is 1. The summed E-state index contributed by atoms with van der Waals surface area (Å²) in [5.74, 6) is 0.789. The fourth-order valence-corrected chi connectivity index (χ4v) is 2.83. The van der Waals surface area contributed by atoms with Crippen LogP contribution in [0.5, 0.6) is 0 Å². The highest BCUT2D eigenvalue weighted by Crippen LogP contribution is 2.22. The summed E-state index contributed by atoms with van der Waals surface area (Å²) in [4.78, 5) is 12.1. The van der Waals surface area contributed by atoms with Gasteiger partial charge >= 0.3 is 0 Å². The van der Waals surface area contributed by atoms with Gasteiger partial charge in [-0.25, -0.2) is 5.01 Å². The van der Waals surface area contributed by atoms with Crippen LogP contribution in [-0.4, -0.2) is 16.7 Å². The SMILES string of the molecule is CCCCSC(=O)C1C=CN(c2ccccc2)N=C1N. The fraction of sp³-hybridized carbons (Fsp3) is 0.333. The average Bonchev–Trinajstić information content (AvgIpc) is 2.48. The zero-order valence-electron chi connectivity index (χ0n) is 11.5. The Labute approximate surface area is 123 Å². The number of nitrogens with two attached hydrogens (primary N) is 1. The van der Waals surface area contributed by atoms with Crippen molar-refractivity contribution in [2.45, 2.75) is 19.8 Å². The number of carbonyl (C=O) groups is 1. The molecule has 0 aromatic heterocycles. The van der Waals surface area contributed by atoms with Crippen molar-refractivity contribution in [3.05, 3.63) is 42.6 Å². The van der Waals surface area contributed by atoms with Gasteiger partial charge in [0.2, 0.25) is 5.12 Å².